The predicted molar refractivity (Wildman–Crippen MR) is 123 cm³/mol. The summed E-state index contributed by atoms with van der Waals surface area (Å²) in [5.41, 5.74) is 4.09. The Labute approximate surface area is 182 Å². The molecule has 0 radical (unpaired) electrons. The number of rotatable bonds is 4. The lowest BCUT2D eigenvalue weighted by Crippen LogP contribution is -2.26. The SMILES string of the molecule is Cc1ccc2ccccc2c1CN(C)C(=O)/C=C/c1cnc2c(c1)CN(C)CC(=O)N2. The van der Waals surface area contributed by atoms with Crippen LogP contribution in [-0.4, -0.2) is 47.2 Å². The average molecular weight is 415 g/mol. The van der Waals surface area contributed by atoms with Crippen LogP contribution in [0.2, 0.25) is 0 Å². The summed E-state index contributed by atoms with van der Waals surface area (Å²) in [5, 5.41) is 5.17. The van der Waals surface area contributed by atoms with Crippen molar-refractivity contribution in [3.8, 4) is 0 Å². The number of aromatic nitrogens is 1. The average Bonchev–Trinajstić information content (AvgIpc) is 2.89. The topological polar surface area (TPSA) is 65.5 Å². The second-order valence-corrected chi connectivity index (χ2v) is 8.11. The van der Waals surface area contributed by atoms with Crippen LogP contribution in [0.5, 0.6) is 0 Å². The minimum Gasteiger partial charge on any atom is -0.338 e. The monoisotopic (exact) mass is 414 g/mol. The molecule has 0 saturated carbocycles. The predicted octanol–water partition coefficient (Wildman–Crippen LogP) is 3.60. The van der Waals surface area contributed by atoms with E-state index >= 15 is 0 Å². The van der Waals surface area contributed by atoms with Crippen LogP contribution < -0.4 is 5.32 Å². The smallest absolute Gasteiger partial charge is 0.246 e. The summed E-state index contributed by atoms with van der Waals surface area (Å²) in [5.74, 6) is 0.437. The van der Waals surface area contributed by atoms with Gasteiger partial charge in [0.1, 0.15) is 5.82 Å². The number of carbonyl (C=O) groups is 2. The zero-order valence-electron chi connectivity index (χ0n) is 18.1. The number of amides is 2. The van der Waals surface area contributed by atoms with Gasteiger partial charge in [0.25, 0.3) is 0 Å². The largest absolute Gasteiger partial charge is 0.338 e. The van der Waals surface area contributed by atoms with Gasteiger partial charge in [0.15, 0.2) is 0 Å². The molecule has 3 aromatic rings. The van der Waals surface area contributed by atoms with E-state index in [1.54, 1.807) is 23.2 Å². The van der Waals surface area contributed by atoms with Gasteiger partial charge in [-0.15, -0.1) is 0 Å². The number of nitrogens with one attached hydrogen (secondary N) is 1. The third kappa shape index (κ3) is 4.64. The van der Waals surface area contributed by atoms with Gasteiger partial charge >= 0.3 is 0 Å². The number of anilines is 1. The number of pyridine rings is 1. The lowest BCUT2D eigenvalue weighted by atomic mass is 9.99. The van der Waals surface area contributed by atoms with Gasteiger partial charge in [0.05, 0.1) is 6.54 Å². The molecule has 0 atom stereocenters. The van der Waals surface area contributed by atoms with Crippen molar-refractivity contribution in [1.82, 2.24) is 14.8 Å². The highest BCUT2D eigenvalue weighted by Gasteiger charge is 2.17. The van der Waals surface area contributed by atoms with Crippen LogP contribution in [0.4, 0.5) is 5.82 Å². The second-order valence-electron chi connectivity index (χ2n) is 8.11. The molecule has 6 heteroatoms. The molecule has 0 fully saturated rings. The maximum absolute atomic E-state index is 12.8. The fourth-order valence-corrected chi connectivity index (χ4v) is 3.88. The number of hydrogen-bond donors (Lipinski definition) is 1. The minimum atomic E-state index is -0.0762. The standard InChI is InChI=1S/C25H26N4O2/c1-17-8-10-19-6-4-5-7-21(19)22(17)15-29(3)24(31)11-9-18-12-20-14-28(2)16-23(30)27-25(20)26-13-18/h4-13H,14-16H2,1-3H3,(H,26,27,30)/b11-9+. The molecule has 4 rings (SSSR count). The van der Waals surface area contributed by atoms with E-state index < -0.39 is 0 Å². The molecule has 0 saturated heterocycles. The van der Waals surface area contributed by atoms with Crippen molar-refractivity contribution in [2.24, 2.45) is 0 Å². The molecule has 6 nitrogen and oxygen atoms in total. The van der Waals surface area contributed by atoms with Crippen LogP contribution in [0.1, 0.15) is 22.3 Å². The Balaban J connectivity index is 1.50. The van der Waals surface area contributed by atoms with Crippen molar-refractivity contribution in [1.29, 1.82) is 0 Å². The Morgan fingerprint density at radius 3 is 2.87 bits per heavy atom. The van der Waals surface area contributed by atoms with Crippen molar-refractivity contribution in [2.45, 2.75) is 20.0 Å². The lowest BCUT2D eigenvalue weighted by molar-refractivity contribution is -0.125. The van der Waals surface area contributed by atoms with E-state index in [4.69, 9.17) is 0 Å². The van der Waals surface area contributed by atoms with E-state index in [0.717, 1.165) is 16.7 Å². The third-order valence-electron chi connectivity index (χ3n) is 5.56. The molecule has 2 heterocycles. The highest BCUT2D eigenvalue weighted by atomic mass is 16.2. The van der Waals surface area contributed by atoms with Crippen LogP contribution in [0, 0.1) is 6.92 Å². The molecule has 1 aliphatic rings. The molecule has 2 aromatic carbocycles. The molecule has 0 unspecified atom stereocenters. The molecule has 31 heavy (non-hydrogen) atoms. The first-order valence-corrected chi connectivity index (χ1v) is 10.3. The molecular weight excluding hydrogens is 388 g/mol. The summed E-state index contributed by atoms with van der Waals surface area (Å²) >= 11 is 0. The normalized spacial score (nSPS) is 14.4. The highest BCUT2D eigenvalue weighted by molar-refractivity contribution is 5.94. The Morgan fingerprint density at radius 1 is 1.23 bits per heavy atom. The number of nitrogens with zero attached hydrogens (tertiary/aromatic N) is 3. The molecule has 1 aliphatic heterocycles. The van der Waals surface area contributed by atoms with Crippen LogP contribution in [0.25, 0.3) is 16.8 Å². The number of likely N-dealkylation sites (N-methyl/N-ethyl adjacent to an activating group) is 2. The van der Waals surface area contributed by atoms with Crippen molar-refractivity contribution in [3.05, 3.63) is 77.0 Å². The van der Waals surface area contributed by atoms with Crippen LogP contribution in [0.15, 0.2) is 54.7 Å². The summed E-state index contributed by atoms with van der Waals surface area (Å²) in [7, 11) is 3.71. The Morgan fingerprint density at radius 2 is 2.03 bits per heavy atom. The van der Waals surface area contributed by atoms with E-state index in [1.807, 2.05) is 37.2 Å². The fourth-order valence-electron chi connectivity index (χ4n) is 3.88. The zero-order chi connectivity index (χ0) is 22.0. The molecular formula is C25H26N4O2. The van der Waals surface area contributed by atoms with Crippen molar-refractivity contribution in [3.63, 3.8) is 0 Å². The molecule has 2 amide bonds. The van der Waals surface area contributed by atoms with Gasteiger partial charge in [0.2, 0.25) is 11.8 Å². The van der Waals surface area contributed by atoms with E-state index in [0.29, 0.717) is 25.5 Å². The Kier molecular flexibility index (Phi) is 5.82. The van der Waals surface area contributed by atoms with Gasteiger partial charge in [-0.25, -0.2) is 4.98 Å². The fraction of sp³-hybridized carbons (Fsp3) is 0.240. The maximum Gasteiger partial charge on any atom is 0.246 e. The van der Waals surface area contributed by atoms with Gasteiger partial charge < -0.3 is 10.2 Å². The van der Waals surface area contributed by atoms with Gasteiger partial charge in [-0.3, -0.25) is 14.5 Å². The van der Waals surface area contributed by atoms with E-state index in [-0.39, 0.29) is 11.8 Å². The first kappa shape index (κ1) is 20.8. The second kappa shape index (κ2) is 8.70. The van der Waals surface area contributed by atoms with Crippen LogP contribution in [0.3, 0.4) is 0 Å². The summed E-state index contributed by atoms with van der Waals surface area (Å²) in [4.78, 5) is 32.6. The van der Waals surface area contributed by atoms with Gasteiger partial charge in [-0.05, 0) is 53.6 Å². The van der Waals surface area contributed by atoms with Gasteiger partial charge in [-0.2, -0.15) is 0 Å². The maximum atomic E-state index is 12.8. The van der Waals surface area contributed by atoms with Gasteiger partial charge in [-0.1, -0.05) is 36.4 Å². The Hall–Kier alpha value is -3.51. The number of hydrogen-bond acceptors (Lipinski definition) is 4. The van der Waals surface area contributed by atoms with Crippen molar-refractivity contribution < 1.29 is 9.59 Å². The number of carbonyl (C=O) groups excluding carboxylic acids is 2. The molecule has 0 aliphatic carbocycles. The molecule has 158 valence electrons. The zero-order valence-corrected chi connectivity index (χ0v) is 18.1. The quantitative estimate of drug-likeness (QED) is 0.663. The summed E-state index contributed by atoms with van der Waals surface area (Å²) in [6, 6.07) is 14.4. The third-order valence-corrected chi connectivity index (χ3v) is 5.56. The van der Waals surface area contributed by atoms with E-state index in [1.165, 1.54) is 16.3 Å². The number of aryl methyl sites for hydroxylation is 1. The molecule has 0 spiro atoms. The molecule has 0 bridgehead atoms. The van der Waals surface area contributed by atoms with Crippen molar-refractivity contribution >= 4 is 34.5 Å². The molecule has 1 N–H and O–H groups in total. The number of fused-ring (bicyclic) bond motifs is 2. The first-order chi connectivity index (χ1) is 14.9. The van der Waals surface area contributed by atoms with Crippen LogP contribution in [-0.2, 0) is 22.7 Å². The number of benzene rings is 2. The Bertz CT molecular complexity index is 1190. The summed E-state index contributed by atoms with van der Waals surface area (Å²) < 4.78 is 0. The lowest BCUT2D eigenvalue weighted by Gasteiger charge is -2.18. The molecule has 1 aromatic heterocycles. The van der Waals surface area contributed by atoms with E-state index in [9.17, 15) is 9.59 Å². The highest BCUT2D eigenvalue weighted by Crippen LogP contribution is 2.24. The van der Waals surface area contributed by atoms with Crippen LogP contribution >= 0.6 is 0 Å². The van der Waals surface area contributed by atoms with E-state index in [2.05, 4.69) is 41.5 Å². The minimum absolute atomic E-state index is 0.0717. The summed E-state index contributed by atoms with van der Waals surface area (Å²) in [6.07, 6.45) is 5.01. The van der Waals surface area contributed by atoms with Crippen molar-refractivity contribution in [2.75, 3.05) is 26.0 Å². The first-order valence-electron chi connectivity index (χ1n) is 10.3. The van der Waals surface area contributed by atoms with Gasteiger partial charge in [0, 0.05) is 38.0 Å². The summed E-state index contributed by atoms with van der Waals surface area (Å²) in [6.45, 7) is 3.57.